The predicted octanol–water partition coefficient (Wildman–Crippen LogP) is 4.72. The maximum atomic E-state index is 10.4. The molecule has 1 atom stereocenters. The standard InChI is InChI=1S/C17H26O/c1-2-3-7-14-10-12-16(13-11-14)17(18)15-8-5-4-6-9-15/h4-6,8-9,14,16-18H,2-3,7,10-13H2,1H3. The molecular formula is C17H26O. The normalized spacial score (nSPS) is 25.9. The van der Waals surface area contributed by atoms with Crippen LogP contribution in [0.5, 0.6) is 0 Å². The molecule has 0 radical (unpaired) electrons. The fourth-order valence-electron chi connectivity index (χ4n) is 3.21. The predicted molar refractivity (Wildman–Crippen MR) is 76.4 cm³/mol. The van der Waals surface area contributed by atoms with Crippen molar-refractivity contribution < 1.29 is 5.11 Å². The van der Waals surface area contributed by atoms with Crippen molar-refractivity contribution in [2.75, 3.05) is 0 Å². The molecule has 1 nitrogen and oxygen atoms in total. The van der Waals surface area contributed by atoms with Gasteiger partial charge in [-0.2, -0.15) is 0 Å². The molecule has 2 rings (SSSR count). The highest BCUT2D eigenvalue weighted by atomic mass is 16.3. The summed E-state index contributed by atoms with van der Waals surface area (Å²) in [7, 11) is 0. The lowest BCUT2D eigenvalue weighted by atomic mass is 9.76. The van der Waals surface area contributed by atoms with E-state index in [1.165, 1.54) is 44.9 Å². The quantitative estimate of drug-likeness (QED) is 0.797. The third-order valence-electron chi connectivity index (χ3n) is 4.44. The van der Waals surface area contributed by atoms with Crippen LogP contribution in [0.15, 0.2) is 30.3 Å². The molecule has 100 valence electrons. The topological polar surface area (TPSA) is 20.2 Å². The summed E-state index contributed by atoms with van der Waals surface area (Å²) in [5.74, 6) is 1.40. The van der Waals surface area contributed by atoms with Crippen molar-refractivity contribution in [3.63, 3.8) is 0 Å². The third-order valence-corrected chi connectivity index (χ3v) is 4.44. The minimum atomic E-state index is -0.252. The summed E-state index contributed by atoms with van der Waals surface area (Å²) in [6.45, 7) is 2.27. The SMILES string of the molecule is CCCCC1CCC(C(O)c2ccccc2)CC1. The van der Waals surface area contributed by atoms with Gasteiger partial charge in [-0.1, -0.05) is 69.4 Å². The van der Waals surface area contributed by atoms with Crippen molar-refractivity contribution in [3.05, 3.63) is 35.9 Å². The number of hydrogen-bond acceptors (Lipinski definition) is 1. The molecule has 0 heterocycles. The molecule has 1 unspecified atom stereocenters. The molecule has 1 aromatic rings. The average molecular weight is 246 g/mol. The van der Waals surface area contributed by atoms with Crippen LogP contribution in [0, 0.1) is 11.8 Å². The molecule has 0 spiro atoms. The van der Waals surface area contributed by atoms with Crippen molar-refractivity contribution in [1.29, 1.82) is 0 Å². The fraction of sp³-hybridized carbons (Fsp3) is 0.647. The lowest BCUT2D eigenvalue weighted by Crippen LogP contribution is -2.20. The van der Waals surface area contributed by atoms with Crippen LogP contribution in [-0.2, 0) is 0 Å². The fourth-order valence-corrected chi connectivity index (χ4v) is 3.21. The van der Waals surface area contributed by atoms with Crippen molar-refractivity contribution in [1.82, 2.24) is 0 Å². The van der Waals surface area contributed by atoms with Gasteiger partial charge in [-0.05, 0) is 30.2 Å². The van der Waals surface area contributed by atoms with Gasteiger partial charge in [0.05, 0.1) is 6.10 Å². The van der Waals surface area contributed by atoms with E-state index in [-0.39, 0.29) is 6.10 Å². The van der Waals surface area contributed by atoms with E-state index in [0.717, 1.165) is 11.5 Å². The summed E-state index contributed by atoms with van der Waals surface area (Å²) in [5.41, 5.74) is 1.09. The summed E-state index contributed by atoms with van der Waals surface area (Å²) in [6.07, 6.45) is 8.85. The molecule has 1 N–H and O–H groups in total. The van der Waals surface area contributed by atoms with Gasteiger partial charge in [0.15, 0.2) is 0 Å². The number of aliphatic hydroxyl groups excluding tert-OH is 1. The first-order chi connectivity index (χ1) is 8.81. The maximum Gasteiger partial charge on any atom is 0.0818 e. The number of aliphatic hydroxyl groups is 1. The summed E-state index contributed by atoms with van der Waals surface area (Å²) in [5, 5.41) is 10.4. The van der Waals surface area contributed by atoms with E-state index in [9.17, 15) is 5.11 Å². The first-order valence-corrected chi connectivity index (χ1v) is 7.54. The Balaban J connectivity index is 1.82. The summed E-state index contributed by atoms with van der Waals surface area (Å²) < 4.78 is 0. The second kappa shape index (κ2) is 6.94. The summed E-state index contributed by atoms with van der Waals surface area (Å²) >= 11 is 0. The molecule has 0 saturated heterocycles. The summed E-state index contributed by atoms with van der Waals surface area (Å²) in [6, 6.07) is 10.1. The van der Waals surface area contributed by atoms with Gasteiger partial charge in [0.2, 0.25) is 0 Å². The smallest absolute Gasteiger partial charge is 0.0818 e. The van der Waals surface area contributed by atoms with Crippen LogP contribution in [0.3, 0.4) is 0 Å². The highest BCUT2D eigenvalue weighted by Crippen LogP contribution is 2.38. The molecule has 1 saturated carbocycles. The van der Waals surface area contributed by atoms with Crippen molar-refractivity contribution in [2.24, 2.45) is 11.8 Å². The Bertz CT molecular complexity index is 325. The lowest BCUT2D eigenvalue weighted by Gasteiger charge is -2.31. The van der Waals surface area contributed by atoms with Gasteiger partial charge in [-0.25, -0.2) is 0 Å². The summed E-state index contributed by atoms with van der Waals surface area (Å²) in [4.78, 5) is 0. The number of hydrogen-bond donors (Lipinski definition) is 1. The minimum absolute atomic E-state index is 0.252. The molecule has 1 fully saturated rings. The van der Waals surface area contributed by atoms with E-state index < -0.39 is 0 Å². The second-order valence-corrected chi connectivity index (χ2v) is 5.78. The highest BCUT2D eigenvalue weighted by molar-refractivity contribution is 5.18. The van der Waals surface area contributed by atoms with Crippen molar-refractivity contribution >= 4 is 0 Å². The van der Waals surface area contributed by atoms with Gasteiger partial charge in [0.25, 0.3) is 0 Å². The molecule has 0 bridgehead atoms. The molecule has 1 aliphatic rings. The minimum Gasteiger partial charge on any atom is -0.388 e. The molecule has 0 aromatic heterocycles. The largest absolute Gasteiger partial charge is 0.388 e. The van der Waals surface area contributed by atoms with Crippen LogP contribution in [0.4, 0.5) is 0 Å². The third kappa shape index (κ3) is 3.58. The Kier molecular flexibility index (Phi) is 5.25. The first-order valence-electron chi connectivity index (χ1n) is 7.54. The Morgan fingerprint density at radius 3 is 2.39 bits per heavy atom. The zero-order valence-corrected chi connectivity index (χ0v) is 11.5. The van der Waals surface area contributed by atoms with Crippen LogP contribution in [0.1, 0.15) is 63.5 Å². The zero-order valence-electron chi connectivity index (χ0n) is 11.5. The van der Waals surface area contributed by atoms with Gasteiger partial charge >= 0.3 is 0 Å². The number of benzene rings is 1. The maximum absolute atomic E-state index is 10.4. The average Bonchev–Trinajstić information content (AvgIpc) is 2.46. The molecule has 1 heteroatoms. The van der Waals surface area contributed by atoms with E-state index in [1.54, 1.807) is 0 Å². The second-order valence-electron chi connectivity index (χ2n) is 5.78. The van der Waals surface area contributed by atoms with E-state index in [2.05, 4.69) is 6.92 Å². The van der Waals surface area contributed by atoms with Crippen LogP contribution < -0.4 is 0 Å². The van der Waals surface area contributed by atoms with Crippen LogP contribution in [0.25, 0.3) is 0 Å². The molecule has 18 heavy (non-hydrogen) atoms. The molecule has 0 aliphatic heterocycles. The molecule has 0 amide bonds. The van der Waals surface area contributed by atoms with Gasteiger partial charge in [0.1, 0.15) is 0 Å². The molecule has 1 aromatic carbocycles. The van der Waals surface area contributed by atoms with E-state index in [0.29, 0.717) is 5.92 Å². The van der Waals surface area contributed by atoms with E-state index in [4.69, 9.17) is 0 Å². The number of rotatable bonds is 5. The van der Waals surface area contributed by atoms with Gasteiger partial charge < -0.3 is 5.11 Å². The van der Waals surface area contributed by atoms with E-state index in [1.807, 2.05) is 30.3 Å². The van der Waals surface area contributed by atoms with Crippen molar-refractivity contribution in [3.8, 4) is 0 Å². The van der Waals surface area contributed by atoms with Gasteiger partial charge in [0, 0.05) is 0 Å². The molecule has 1 aliphatic carbocycles. The zero-order chi connectivity index (χ0) is 12.8. The Labute approximate surface area is 111 Å². The molecular weight excluding hydrogens is 220 g/mol. The van der Waals surface area contributed by atoms with E-state index >= 15 is 0 Å². The Hall–Kier alpha value is -0.820. The van der Waals surface area contributed by atoms with Gasteiger partial charge in [-0.3, -0.25) is 0 Å². The Morgan fingerprint density at radius 1 is 1.11 bits per heavy atom. The number of unbranched alkanes of at least 4 members (excludes halogenated alkanes) is 1. The first kappa shape index (κ1) is 13.6. The van der Waals surface area contributed by atoms with Gasteiger partial charge in [-0.15, -0.1) is 0 Å². The highest BCUT2D eigenvalue weighted by Gasteiger charge is 2.26. The van der Waals surface area contributed by atoms with Crippen LogP contribution in [0.2, 0.25) is 0 Å². The van der Waals surface area contributed by atoms with Crippen molar-refractivity contribution in [2.45, 2.75) is 58.0 Å². The lowest BCUT2D eigenvalue weighted by molar-refractivity contribution is 0.0720. The Morgan fingerprint density at radius 2 is 1.78 bits per heavy atom. The monoisotopic (exact) mass is 246 g/mol. The van der Waals surface area contributed by atoms with Crippen LogP contribution in [-0.4, -0.2) is 5.11 Å². The van der Waals surface area contributed by atoms with Crippen LogP contribution >= 0.6 is 0 Å².